The van der Waals surface area contributed by atoms with Crippen molar-refractivity contribution >= 4 is 17.4 Å². The van der Waals surface area contributed by atoms with Crippen LogP contribution in [0.4, 0.5) is 10.5 Å². The summed E-state index contributed by atoms with van der Waals surface area (Å²) in [5.74, 6) is 0. The molecule has 0 saturated carbocycles. The molecule has 106 valence electrons. The van der Waals surface area contributed by atoms with Crippen LogP contribution < -0.4 is 10.2 Å². The van der Waals surface area contributed by atoms with Gasteiger partial charge in [-0.1, -0.05) is 23.4 Å². The summed E-state index contributed by atoms with van der Waals surface area (Å²) >= 11 is 0. The summed E-state index contributed by atoms with van der Waals surface area (Å²) in [6.45, 7) is 3.83. The minimum atomic E-state index is 0.0212. The lowest BCUT2D eigenvalue weighted by atomic mass is 10.00. The molecule has 0 aromatic heterocycles. The average molecular weight is 274 g/mol. The van der Waals surface area contributed by atoms with Gasteiger partial charge in [-0.2, -0.15) is 0 Å². The largest absolute Gasteiger partial charge is 0.411 e. The number of urea groups is 1. The molecule has 2 N–H and O–H groups in total. The number of carbonyl (C=O) groups excluding carboxylic acids is 1. The van der Waals surface area contributed by atoms with Gasteiger partial charge in [-0.05, 0) is 6.07 Å². The number of hydrogen-bond acceptors (Lipinski definition) is 4. The molecule has 20 heavy (non-hydrogen) atoms. The van der Waals surface area contributed by atoms with Gasteiger partial charge in [0, 0.05) is 50.4 Å². The Morgan fingerprint density at radius 2 is 2.00 bits per heavy atom. The molecule has 0 bridgehead atoms. The number of oxime groups is 1. The molecule has 0 aliphatic carbocycles. The molecular formula is C14H18N4O2. The maximum Gasteiger partial charge on any atom is 0.317 e. The second-order valence-corrected chi connectivity index (χ2v) is 5.02. The molecule has 6 nitrogen and oxygen atoms in total. The lowest BCUT2D eigenvalue weighted by Gasteiger charge is -2.32. The Labute approximate surface area is 117 Å². The monoisotopic (exact) mass is 274 g/mol. The van der Waals surface area contributed by atoms with Gasteiger partial charge in [-0.15, -0.1) is 0 Å². The lowest BCUT2D eigenvalue weighted by Crippen LogP contribution is -2.40. The van der Waals surface area contributed by atoms with Crippen LogP contribution in [0.25, 0.3) is 0 Å². The summed E-state index contributed by atoms with van der Waals surface area (Å²) in [4.78, 5) is 15.6. The Balaban J connectivity index is 1.73. The number of carbonyl (C=O) groups is 1. The third-order valence-electron chi connectivity index (χ3n) is 3.88. The van der Waals surface area contributed by atoms with Gasteiger partial charge in [-0.3, -0.25) is 0 Å². The van der Waals surface area contributed by atoms with E-state index in [0.29, 0.717) is 6.54 Å². The summed E-state index contributed by atoms with van der Waals surface area (Å²) < 4.78 is 0. The summed E-state index contributed by atoms with van der Waals surface area (Å²) in [7, 11) is 0. The molecule has 1 aromatic rings. The van der Waals surface area contributed by atoms with Crippen LogP contribution in [0.3, 0.4) is 0 Å². The zero-order chi connectivity index (χ0) is 13.9. The molecule has 0 atom stereocenters. The normalized spacial score (nSPS) is 20.2. The molecule has 1 saturated heterocycles. The molecule has 6 heteroatoms. The maximum absolute atomic E-state index is 11.5. The minimum Gasteiger partial charge on any atom is -0.411 e. The molecular weight excluding hydrogens is 256 g/mol. The molecule has 1 fully saturated rings. The molecule has 0 radical (unpaired) electrons. The van der Waals surface area contributed by atoms with Crippen molar-refractivity contribution in [1.29, 1.82) is 0 Å². The highest BCUT2D eigenvalue weighted by atomic mass is 16.4. The highest BCUT2D eigenvalue weighted by molar-refractivity contribution is 6.06. The van der Waals surface area contributed by atoms with Crippen LogP contribution >= 0.6 is 0 Å². The van der Waals surface area contributed by atoms with E-state index in [2.05, 4.69) is 15.4 Å². The second-order valence-electron chi connectivity index (χ2n) is 5.02. The molecule has 2 aliphatic heterocycles. The van der Waals surface area contributed by atoms with Gasteiger partial charge in [-0.25, -0.2) is 4.79 Å². The zero-order valence-corrected chi connectivity index (χ0v) is 11.2. The van der Waals surface area contributed by atoms with Crippen molar-refractivity contribution in [2.45, 2.75) is 6.42 Å². The van der Waals surface area contributed by atoms with Crippen molar-refractivity contribution in [3.63, 3.8) is 0 Å². The van der Waals surface area contributed by atoms with Crippen molar-refractivity contribution in [3.05, 3.63) is 29.8 Å². The van der Waals surface area contributed by atoms with Gasteiger partial charge in [0.25, 0.3) is 0 Å². The molecule has 2 aliphatic rings. The van der Waals surface area contributed by atoms with Crippen LogP contribution in [0.5, 0.6) is 0 Å². The van der Waals surface area contributed by atoms with Crippen molar-refractivity contribution < 1.29 is 10.0 Å². The van der Waals surface area contributed by atoms with E-state index in [9.17, 15) is 4.79 Å². The minimum absolute atomic E-state index is 0.0212. The van der Waals surface area contributed by atoms with Crippen molar-refractivity contribution in [2.24, 2.45) is 5.16 Å². The number of rotatable bonds is 3. The molecule has 2 heterocycles. The number of nitrogens with one attached hydrogen (secondary N) is 1. The summed E-state index contributed by atoms with van der Waals surface area (Å²) in [5.41, 5.74) is 2.79. The van der Waals surface area contributed by atoms with Crippen LogP contribution in [0, 0.1) is 0 Å². The maximum atomic E-state index is 11.5. The summed E-state index contributed by atoms with van der Waals surface area (Å²) in [6.07, 6.45) is 0.722. The molecule has 1 aromatic carbocycles. The first-order chi connectivity index (χ1) is 9.79. The zero-order valence-electron chi connectivity index (χ0n) is 11.2. The van der Waals surface area contributed by atoms with E-state index in [1.54, 1.807) is 0 Å². The predicted molar refractivity (Wildman–Crippen MR) is 76.6 cm³/mol. The standard InChI is InChI=1S/C14H18N4O2/c19-14-15-6-8-18(14)10-9-17-7-5-12(16-20)11-3-1-2-4-13(11)17/h1-4,20H,5-10H2,(H,15,19). The average Bonchev–Trinajstić information content (AvgIpc) is 2.90. The van der Waals surface area contributed by atoms with Gasteiger partial charge in [0.1, 0.15) is 0 Å². The lowest BCUT2D eigenvalue weighted by molar-refractivity contribution is 0.218. The number of nitrogens with zero attached hydrogens (tertiary/aromatic N) is 3. The second kappa shape index (κ2) is 5.40. The van der Waals surface area contributed by atoms with E-state index in [1.165, 1.54) is 0 Å². The van der Waals surface area contributed by atoms with E-state index in [0.717, 1.165) is 49.6 Å². The van der Waals surface area contributed by atoms with E-state index in [1.807, 2.05) is 29.2 Å². The Morgan fingerprint density at radius 3 is 2.75 bits per heavy atom. The number of anilines is 1. The highest BCUT2D eigenvalue weighted by Gasteiger charge is 2.24. The van der Waals surface area contributed by atoms with Crippen molar-refractivity contribution in [3.8, 4) is 0 Å². The van der Waals surface area contributed by atoms with Crippen molar-refractivity contribution in [2.75, 3.05) is 37.6 Å². The molecule has 0 unspecified atom stereocenters. The molecule has 0 spiro atoms. The van der Waals surface area contributed by atoms with Crippen LogP contribution in [0.1, 0.15) is 12.0 Å². The smallest absolute Gasteiger partial charge is 0.317 e. The van der Waals surface area contributed by atoms with Gasteiger partial charge in [0.15, 0.2) is 0 Å². The fraction of sp³-hybridized carbons (Fsp3) is 0.429. The fourth-order valence-electron chi connectivity index (χ4n) is 2.79. The molecule has 3 rings (SSSR count). The summed E-state index contributed by atoms with van der Waals surface area (Å²) in [6, 6.07) is 7.95. The van der Waals surface area contributed by atoms with Crippen LogP contribution in [-0.2, 0) is 0 Å². The number of amides is 2. The van der Waals surface area contributed by atoms with E-state index >= 15 is 0 Å². The van der Waals surface area contributed by atoms with Gasteiger partial charge in [0.2, 0.25) is 0 Å². The van der Waals surface area contributed by atoms with Crippen LogP contribution in [0.15, 0.2) is 29.4 Å². The predicted octanol–water partition coefficient (Wildman–Crippen LogP) is 1.10. The topological polar surface area (TPSA) is 68.2 Å². The number of benzene rings is 1. The third kappa shape index (κ3) is 2.29. The summed E-state index contributed by atoms with van der Waals surface area (Å²) in [5, 5.41) is 15.3. The highest BCUT2D eigenvalue weighted by Crippen LogP contribution is 2.26. The van der Waals surface area contributed by atoms with Gasteiger partial charge in [0.05, 0.1) is 5.71 Å². The number of para-hydroxylation sites is 1. The molecule has 2 amide bonds. The van der Waals surface area contributed by atoms with Crippen LogP contribution in [-0.4, -0.2) is 54.6 Å². The fourth-order valence-corrected chi connectivity index (χ4v) is 2.79. The van der Waals surface area contributed by atoms with E-state index < -0.39 is 0 Å². The first-order valence-electron chi connectivity index (χ1n) is 6.87. The van der Waals surface area contributed by atoms with Crippen LogP contribution in [0.2, 0.25) is 0 Å². The number of fused-ring (bicyclic) bond motifs is 1. The number of hydrogen-bond donors (Lipinski definition) is 2. The van der Waals surface area contributed by atoms with Gasteiger partial charge >= 0.3 is 6.03 Å². The van der Waals surface area contributed by atoms with Crippen molar-refractivity contribution in [1.82, 2.24) is 10.2 Å². The Morgan fingerprint density at radius 1 is 1.20 bits per heavy atom. The third-order valence-corrected chi connectivity index (χ3v) is 3.88. The Kier molecular flexibility index (Phi) is 3.45. The first-order valence-corrected chi connectivity index (χ1v) is 6.87. The Bertz CT molecular complexity index is 544. The Hall–Kier alpha value is -2.24. The van der Waals surface area contributed by atoms with Gasteiger partial charge < -0.3 is 20.3 Å². The quantitative estimate of drug-likeness (QED) is 0.640. The first kappa shape index (κ1) is 12.8. The van der Waals surface area contributed by atoms with E-state index in [4.69, 9.17) is 5.21 Å². The van der Waals surface area contributed by atoms with E-state index in [-0.39, 0.29) is 6.03 Å². The SMILES string of the molecule is O=C1NCCN1CCN1CCC(=NO)c2ccccc21.